The highest BCUT2D eigenvalue weighted by atomic mass is 16.5. The summed E-state index contributed by atoms with van der Waals surface area (Å²) in [5.74, 6) is 1.08. The average Bonchev–Trinajstić information content (AvgIpc) is 2.44. The van der Waals surface area contributed by atoms with Gasteiger partial charge < -0.3 is 14.8 Å². The van der Waals surface area contributed by atoms with Crippen LogP contribution in [0.2, 0.25) is 0 Å². The summed E-state index contributed by atoms with van der Waals surface area (Å²) >= 11 is 0. The monoisotopic (exact) mass is 279 g/mol. The van der Waals surface area contributed by atoms with Crippen LogP contribution >= 0.6 is 0 Å². The molecule has 1 rings (SSSR count). The summed E-state index contributed by atoms with van der Waals surface area (Å²) < 4.78 is 10.4. The molecule has 0 saturated heterocycles. The highest BCUT2D eigenvalue weighted by Gasteiger charge is 2.12. The number of hydrogen-bond donors (Lipinski definition) is 1. The summed E-state index contributed by atoms with van der Waals surface area (Å²) in [6, 6.07) is 4.93. The van der Waals surface area contributed by atoms with Crippen molar-refractivity contribution in [2.75, 3.05) is 13.7 Å². The Labute approximate surface area is 119 Å². The molecule has 0 unspecified atom stereocenters. The van der Waals surface area contributed by atoms with Gasteiger partial charge in [-0.25, -0.2) is 0 Å². The molecule has 0 aromatic heterocycles. The van der Waals surface area contributed by atoms with Crippen LogP contribution < -0.4 is 14.8 Å². The first-order valence-corrected chi connectivity index (χ1v) is 6.53. The molecule has 0 aliphatic carbocycles. The van der Waals surface area contributed by atoms with Crippen LogP contribution in [0, 0.1) is 5.92 Å². The van der Waals surface area contributed by atoms with Gasteiger partial charge in [0.25, 0.3) is 5.91 Å². The van der Waals surface area contributed by atoms with E-state index in [1.54, 1.807) is 18.2 Å². The number of ether oxygens (including phenoxy) is 2. The molecule has 1 aromatic rings. The largest absolute Gasteiger partial charge is 0.497 e. The molecule has 0 fully saturated rings. The third-order valence-electron chi connectivity index (χ3n) is 3.09. The zero-order valence-electron chi connectivity index (χ0n) is 12.3. The standard InChI is InChI=1S/C15H21NO4/c1-10(2)11(3)16-15(18)9-20-14-6-5-13(19-4)7-12(14)8-17/h5-8,10-11H,9H2,1-4H3,(H,16,18)/t11-/m1/s1. The number of methoxy groups -OCH3 is 1. The van der Waals surface area contributed by atoms with E-state index in [0.29, 0.717) is 29.3 Å². The summed E-state index contributed by atoms with van der Waals surface area (Å²) in [5, 5.41) is 2.83. The third kappa shape index (κ3) is 4.57. The number of amides is 1. The number of benzene rings is 1. The second kappa shape index (κ2) is 7.53. The maximum absolute atomic E-state index is 11.7. The van der Waals surface area contributed by atoms with Crippen LogP contribution in [0.25, 0.3) is 0 Å². The Bertz CT molecular complexity index is 471. The van der Waals surface area contributed by atoms with Gasteiger partial charge in [0.15, 0.2) is 12.9 Å². The predicted octanol–water partition coefficient (Wildman–Crippen LogP) is 2.05. The van der Waals surface area contributed by atoms with Gasteiger partial charge in [0, 0.05) is 6.04 Å². The molecule has 110 valence electrons. The topological polar surface area (TPSA) is 64.6 Å². The molecule has 0 spiro atoms. The summed E-state index contributed by atoms with van der Waals surface area (Å²) in [5.41, 5.74) is 0.356. The van der Waals surface area contributed by atoms with Crippen molar-refractivity contribution in [3.63, 3.8) is 0 Å². The van der Waals surface area contributed by atoms with Gasteiger partial charge in [0.2, 0.25) is 0 Å². The molecule has 0 radical (unpaired) electrons. The lowest BCUT2D eigenvalue weighted by atomic mass is 10.1. The number of hydrogen-bond acceptors (Lipinski definition) is 4. The Morgan fingerprint density at radius 2 is 2.05 bits per heavy atom. The van der Waals surface area contributed by atoms with E-state index < -0.39 is 0 Å². The van der Waals surface area contributed by atoms with E-state index in [9.17, 15) is 9.59 Å². The van der Waals surface area contributed by atoms with Crippen molar-refractivity contribution in [1.29, 1.82) is 0 Å². The molecular formula is C15H21NO4. The molecule has 0 bridgehead atoms. The van der Waals surface area contributed by atoms with Crippen LogP contribution in [0.5, 0.6) is 11.5 Å². The van der Waals surface area contributed by atoms with Gasteiger partial charge >= 0.3 is 0 Å². The molecule has 1 amide bonds. The van der Waals surface area contributed by atoms with Crippen molar-refractivity contribution >= 4 is 12.2 Å². The summed E-state index contributed by atoms with van der Waals surface area (Å²) in [4.78, 5) is 22.7. The maximum Gasteiger partial charge on any atom is 0.258 e. The minimum Gasteiger partial charge on any atom is -0.497 e. The van der Waals surface area contributed by atoms with Crippen molar-refractivity contribution in [1.82, 2.24) is 5.32 Å². The molecule has 1 atom stereocenters. The maximum atomic E-state index is 11.7. The molecule has 5 heteroatoms. The Morgan fingerprint density at radius 1 is 1.35 bits per heavy atom. The SMILES string of the molecule is COc1ccc(OCC(=O)N[C@H](C)C(C)C)c(C=O)c1. The lowest BCUT2D eigenvalue weighted by Crippen LogP contribution is -2.39. The lowest BCUT2D eigenvalue weighted by Gasteiger charge is -2.17. The first-order valence-electron chi connectivity index (χ1n) is 6.53. The Morgan fingerprint density at radius 3 is 2.60 bits per heavy atom. The second-order valence-electron chi connectivity index (χ2n) is 4.91. The van der Waals surface area contributed by atoms with Crippen LogP contribution in [0.15, 0.2) is 18.2 Å². The minimum absolute atomic E-state index is 0.0764. The van der Waals surface area contributed by atoms with Crippen LogP contribution in [-0.4, -0.2) is 32.0 Å². The van der Waals surface area contributed by atoms with Gasteiger partial charge in [-0.2, -0.15) is 0 Å². The van der Waals surface area contributed by atoms with Crippen LogP contribution in [-0.2, 0) is 4.79 Å². The molecule has 0 saturated carbocycles. The summed E-state index contributed by atoms with van der Waals surface area (Å²) in [6.45, 7) is 5.87. The molecule has 0 aliphatic rings. The molecule has 20 heavy (non-hydrogen) atoms. The number of carbonyl (C=O) groups is 2. The summed E-state index contributed by atoms with van der Waals surface area (Å²) in [6.07, 6.45) is 0.673. The molecule has 5 nitrogen and oxygen atoms in total. The number of rotatable bonds is 7. The summed E-state index contributed by atoms with van der Waals surface area (Å²) in [7, 11) is 1.52. The van der Waals surface area contributed by atoms with Crippen molar-refractivity contribution < 1.29 is 19.1 Å². The highest BCUT2D eigenvalue weighted by molar-refractivity contribution is 5.81. The van der Waals surface area contributed by atoms with Crippen molar-refractivity contribution in [2.24, 2.45) is 5.92 Å². The van der Waals surface area contributed by atoms with Gasteiger partial charge in [-0.15, -0.1) is 0 Å². The van der Waals surface area contributed by atoms with E-state index in [1.807, 2.05) is 20.8 Å². The average molecular weight is 279 g/mol. The van der Waals surface area contributed by atoms with Gasteiger partial charge in [-0.05, 0) is 31.0 Å². The van der Waals surface area contributed by atoms with E-state index >= 15 is 0 Å². The minimum atomic E-state index is -0.209. The van der Waals surface area contributed by atoms with Gasteiger partial charge in [-0.3, -0.25) is 9.59 Å². The van der Waals surface area contributed by atoms with Gasteiger partial charge in [-0.1, -0.05) is 13.8 Å². The van der Waals surface area contributed by atoms with Crippen LogP contribution in [0.1, 0.15) is 31.1 Å². The zero-order chi connectivity index (χ0) is 15.1. The molecule has 1 aromatic carbocycles. The van der Waals surface area contributed by atoms with Gasteiger partial charge in [0.05, 0.1) is 12.7 Å². The van der Waals surface area contributed by atoms with Crippen molar-refractivity contribution in [3.05, 3.63) is 23.8 Å². The number of aldehydes is 1. The van der Waals surface area contributed by atoms with E-state index in [0.717, 1.165) is 0 Å². The van der Waals surface area contributed by atoms with E-state index in [1.165, 1.54) is 7.11 Å². The normalized spacial score (nSPS) is 11.8. The predicted molar refractivity (Wildman–Crippen MR) is 76.3 cm³/mol. The Hall–Kier alpha value is -2.04. The highest BCUT2D eigenvalue weighted by Crippen LogP contribution is 2.22. The third-order valence-corrected chi connectivity index (χ3v) is 3.09. The van der Waals surface area contributed by atoms with Crippen LogP contribution in [0.4, 0.5) is 0 Å². The molecule has 1 N–H and O–H groups in total. The van der Waals surface area contributed by atoms with Crippen molar-refractivity contribution in [3.8, 4) is 11.5 Å². The fourth-order valence-electron chi connectivity index (χ4n) is 1.48. The first-order chi connectivity index (χ1) is 9.47. The lowest BCUT2D eigenvalue weighted by molar-refractivity contribution is -0.124. The fraction of sp³-hybridized carbons (Fsp3) is 0.467. The van der Waals surface area contributed by atoms with E-state index in [-0.39, 0.29) is 18.6 Å². The van der Waals surface area contributed by atoms with E-state index in [4.69, 9.17) is 9.47 Å². The fourth-order valence-corrected chi connectivity index (χ4v) is 1.48. The number of nitrogens with one attached hydrogen (secondary N) is 1. The zero-order valence-corrected chi connectivity index (χ0v) is 12.3. The molecular weight excluding hydrogens is 258 g/mol. The first kappa shape index (κ1) is 16.0. The van der Waals surface area contributed by atoms with E-state index in [2.05, 4.69) is 5.32 Å². The van der Waals surface area contributed by atoms with Crippen LogP contribution in [0.3, 0.4) is 0 Å². The Balaban J connectivity index is 2.61. The quantitative estimate of drug-likeness (QED) is 0.776. The molecule has 0 aliphatic heterocycles. The molecule has 0 heterocycles. The Kier molecular flexibility index (Phi) is 6.03. The second-order valence-corrected chi connectivity index (χ2v) is 4.91. The smallest absolute Gasteiger partial charge is 0.258 e. The van der Waals surface area contributed by atoms with Gasteiger partial charge in [0.1, 0.15) is 11.5 Å². The van der Waals surface area contributed by atoms with Crippen molar-refractivity contribution in [2.45, 2.75) is 26.8 Å². The number of carbonyl (C=O) groups excluding carboxylic acids is 2.